The zero-order valence-electron chi connectivity index (χ0n) is 9.86. The lowest BCUT2D eigenvalue weighted by Crippen LogP contribution is -2.21. The van der Waals surface area contributed by atoms with Crippen LogP contribution in [0.4, 0.5) is 0 Å². The van der Waals surface area contributed by atoms with Crippen molar-refractivity contribution < 1.29 is 19.0 Å². The molecule has 1 saturated heterocycles. The van der Waals surface area contributed by atoms with Crippen molar-refractivity contribution in [3.8, 4) is 11.5 Å². The normalized spacial score (nSPS) is 30.5. The molecular formula is C13H14O4. The molecule has 0 bridgehead atoms. The topological polar surface area (TPSA) is 44.8 Å². The number of fused-ring (bicyclic) bond motifs is 1. The molecule has 4 nitrogen and oxygen atoms in total. The second-order valence-electron chi connectivity index (χ2n) is 4.80. The number of para-hydroxylation sites is 1. The maximum absolute atomic E-state index is 11.6. The van der Waals surface area contributed by atoms with Crippen molar-refractivity contribution in [2.75, 3.05) is 6.79 Å². The molecule has 0 spiro atoms. The SMILES string of the molecule is C[C@H]1C[C@@](C)(c2cccc3c2OCO3)OC1=O. The fourth-order valence-electron chi connectivity index (χ4n) is 2.54. The van der Waals surface area contributed by atoms with E-state index in [-0.39, 0.29) is 18.7 Å². The standard InChI is InChI=1S/C13H14O4/c1-8-6-13(2,17-12(8)14)9-4-3-5-10-11(9)16-7-15-10/h3-5,8H,6-7H2,1-2H3/t8-,13-/m0/s1. The number of carbonyl (C=O) groups is 1. The monoisotopic (exact) mass is 234 g/mol. The second-order valence-corrected chi connectivity index (χ2v) is 4.80. The molecule has 0 aromatic heterocycles. The van der Waals surface area contributed by atoms with Gasteiger partial charge in [-0.05, 0) is 13.0 Å². The fraction of sp³-hybridized carbons (Fsp3) is 0.462. The van der Waals surface area contributed by atoms with Crippen molar-refractivity contribution in [2.45, 2.75) is 25.9 Å². The maximum atomic E-state index is 11.6. The van der Waals surface area contributed by atoms with E-state index < -0.39 is 5.60 Å². The van der Waals surface area contributed by atoms with Crippen LogP contribution < -0.4 is 9.47 Å². The molecule has 0 saturated carbocycles. The van der Waals surface area contributed by atoms with Crippen molar-refractivity contribution in [1.29, 1.82) is 0 Å². The van der Waals surface area contributed by atoms with Crippen LogP contribution in [0.3, 0.4) is 0 Å². The van der Waals surface area contributed by atoms with E-state index in [1.54, 1.807) is 0 Å². The summed E-state index contributed by atoms with van der Waals surface area (Å²) in [7, 11) is 0. The lowest BCUT2D eigenvalue weighted by Gasteiger charge is -2.24. The zero-order valence-corrected chi connectivity index (χ0v) is 9.86. The molecule has 2 aliphatic heterocycles. The zero-order chi connectivity index (χ0) is 12.0. The van der Waals surface area contributed by atoms with E-state index in [4.69, 9.17) is 14.2 Å². The first-order valence-corrected chi connectivity index (χ1v) is 5.72. The molecule has 0 radical (unpaired) electrons. The molecule has 0 N–H and O–H groups in total. The summed E-state index contributed by atoms with van der Waals surface area (Å²) in [6.07, 6.45) is 0.672. The van der Waals surface area contributed by atoms with Gasteiger partial charge in [-0.3, -0.25) is 4.79 Å². The Hall–Kier alpha value is -1.71. The minimum atomic E-state index is -0.602. The predicted molar refractivity (Wildman–Crippen MR) is 59.8 cm³/mol. The third-order valence-corrected chi connectivity index (χ3v) is 3.39. The molecule has 2 aliphatic rings. The van der Waals surface area contributed by atoms with Gasteiger partial charge in [-0.15, -0.1) is 0 Å². The van der Waals surface area contributed by atoms with Crippen LogP contribution in [0.1, 0.15) is 25.8 Å². The first kappa shape index (κ1) is 10.4. The smallest absolute Gasteiger partial charge is 0.309 e. The molecule has 2 heterocycles. The Kier molecular flexibility index (Phi) is 2.08. The van der Waals surface area contributed by atoms with Crippen molar-refractivity contribution in [1.82, 2.24) is 0 Å². The van der Waals surface area contributed by atoms with Crippen LogP contribution in [0.2, 0.25) is 0 Å². The Bertz CT molecular complexity index is 482. The lowest BCUT2D eigenvalue weighted by atomic mass is 9.89. The van der Waals surface area contributed by atoms with E-state index in [0.29, 0.717) is 12.2 Å². The van der Waals surface area contributed by atoms with E-state index in [1.165, 1.54) is 0 Å². The number of esters is 1. The lowest BCUT2D eigenvalue weighted by molar-refractivity contribution is -0.149. The molecule has 1 aromatic rings. The third kappa shape index (κ3) is 1.47. The molecule has 17 heavy (non-hydrogen) atoms. The minimum Gasteiger partial charge on any atom is -0.454 e. The highest BCUT2D eigenvalue weighted by atomic mass is 16.7. The number of hydrogen-bond donors (Lipinski definition) is 0. The van der Waals surface area contributed by atoms with Gasteiger partial charge in [0.15, 0.2) is 11.5 Å². The van der Waals surface area contributed by atoms with Crippen molar-refractivity contribution >= 4 is 5.97 Å². The summed E-state index contributed by atoms with van der Waals surface area (Å²) in [5.74, 6) is 1.21. The molecule has 0 amide bonds. The van der Waals surface area contributed by atoms with E-state index >= 15 is 0 Å². The third-order valence-electron chi connectivity index (χ3n) is 3.39. The van der Waals surface area contributed by atoms with Gasteiger partial charge in [0.25, 0.3) is 0 Å². The van der Waals surface area contributed by atoms with Crippen molar-refractivity contribution in [3.05, 3.63) is 23.8 Å². The maximum Gasteiger partial charge on any atom is 0.309 e. The summed E-state index contributed by atoms with van der Waals surface area (Å²) >= 11 is 0. The van der Waals surface area contributed by atoms with Crippen molar-refractivity contribution in [2.24, 2.45) is 5.92 Å². The number of benzene rings is 1. The van der Waals surface area contributed by atoms with Crippen LogP contribution in [-0.2, 0) is 15.1 Å². The van der Waals surface area contributed by atoms with Gasteiger partial charge in [-0.2, -0.15) is 0 Å². The van der Waals surface area contributed by atoms with E-state index in [2.05, 4.69) is 0 Å². The highest BCUT2D eigenvalue weighted by Gasteiger charge is 2.45. The Balaban J connectivity index is 2.05. The average Bonchev–Trinajstić information content (AvgIpc) is 2.84. The Morgan fingerprint density at radius 1 is 1.35 bits per heavy atom. The molecule has 4 heteroatoms. The number of ether oxygens (including phenoxy) is 3. The number of rotatable bonds is 1. The highest BCUT2D eigenvalue weighted by molar-refractivity contribution is 5.75. The van der Waals surface area contributed by atoms with E-state index in [1.807, 2.05) is 32.0 Å². The second kappa shape index (κ2) is 3.39. The van der Waals surface area contributed by atoms with Gasteiger partial charge in [0.2, 0.25) is 6.79 Å². The molecule has 90 valence electrons. The van der Waals surface area contributed by atoms with Crippen LogP contribution in [0.15, 0.2) is 18.2 Å². The van der Waals surface area contributed by atoms with Crippen LogP contribution in [0.5, 0.6) is 11.5 Å². The first-order valence-electron chi connectivity index (χ1n) is 5.72. The van der Waals surface area contributed by atoms with Gasteiger partial charge in [0.05, 0.1) is 5.92 Å². The van der Waals surface area contributed by atoms with Gasteiger partial charge in [0.1, 0.15) is 5.60 Å². The van der Waals surface area contributed by atoms with E-state index in [9.17, 15) is 4.79 Å². The minimum absolute atomic E-state index is 0.0711. The Morgan fingerprint density at radius 3 is 2.88 bits per heavy atom. The van der Waals surface area contributed by atoms with Crippen LogP contribution in [0, 0.1) is 5.92 Å². The molecular weight excluding hydrogens is 220 g/mol. The average molecular weight is 234 g/mol. The van der Waals surface area contributed by atoms with Gasteiger partial charge in [0, 0.05) is 12.0 Å². The van der Waals surface area contributed by atoms with E-state index in [0.717, 1.165) is 11.3 Å². The molecule has 1 fully saturated rings. The summed E-state index contributed by atoms with van der Waals surface area (Å²) in [5, 5.41) is 0. The van der Waals surface area contributed by atoms with Crippen LogP contribution >= 0.6 is 0 Å². The fourth-order valence-corrected chi connectivity index (χ4v) is 2.54. The Morgan fingerprint density at radius 2 is 2.18 bits per heavy atom. The van der Waals surface area contributed by atoms with Gasteiger partial charge in [-0.25, -0.2) is 0 Å². The Labute approximate surface area is 99.5 Å². The summed E-state index contributed by atoms with van der Waals surface area (Å²) in [6.45, 7) is 4.03. The summed E-state index contributed by atoms with van der Waals surface area (Å²) in [4.78, 5) is 11.6. The van der Waals surface area contributed by atoms with Gasteiger partial charge in [-0.1, -0.05) is 19.1 Å². The predicted octanol–water partition coefficient (Wildman–Crippen LogP) is 2.21. The van der Waals surface area contributed by atoms with Gasteiger partial charge < -0.3 is 14.2 Å². The summed E-state index contributed by atoms with van der Waals surface area (Å²) in [5.41, 5.74) is 0.292. The number of carbonyl (C=O) groups excluding carboxylic acids is 1. The molecule has 3 rings (SSSR count). The largest absolute Gasteiger partial charge is 0.454 e. The van der Waals surface area contributed by atoms with Gasteiger partial charge >= 0.3 is 5.97 Å². The number of hydrogen-bond acceptors (Lipinski definition) is 4. The summed E-state index contributed by atoms with van der Waals surface area (Å²) < 4.78 is 16.3. The number of cyclic esters (lactones) is 1. The molecule has 0 aliphatic carbocycles. The van der Waals surface area contributed by atoms with Crippen LogP contribution in [-0.4, -0.2) is 12.8 Å². The van der Waals surface area contributed by atoms with Crippen LogP contribution in [0.25, 0.3) is 0 Å². The molecule has 1 aromatic carbocycles. The quantitative estimate of drug-likeness (QED) is 0.699. The van der Waals surface area contributed by atoms with Crippen molar-refractivity contribution in [3.63, 3.8) is 0 Å². The molecule has 2 atom stereocenters. The first-order chi connectivity index (χ1) is 8.10. The molecule has 0 unspecified atom stereocenters. The summed E-state index contributed by atoms with van der Waals surface area (Å²) in [6, 6.07) is 5.68. The highest BCUT2D eigenvalue weighted by Crippen LogP contribution is 2.47.